The van der Waals surface area contributed by atoms with Crippen molar-refractivity contribution in [2.45, 2.75) is 6.54 Å². The standard InChI is InChI=1S/C29H25Cl3N4O2S/c30-23-6-2-1-4-19(23)18-35-14-16-36(17-15-35)21-10-8-20(9-11-21)33-29(39)34-28(37)26-13-12-25(38-26)22-5-3-7-24(31)27(22)32/h1-13H,14-18H2,(H2,33,34,37,39). The van der Waals surface area contributed by atoms with Crippen LogP contribution in [0, 0.1) is 0 Å². The Kier molecular flexibility index (Phi) is 8.75. The molecule has 4 aromatic rings. The second kappa shape index (κ2) is 12.4. The highest BCUT2D eigenvalue weighted by molar-refractivity contribution is 7.80. The van der Waals surface area contributed by atoms with Gasteiger partial charge in [0.15, 0.2) is 10.9 Å². The number of halogens is 3. The highest BCUT2D eigenvalue weighted by Gasteiger charge is 2.19. The van der Waals surface area contributed by atoms with Crippen LogP contribution in [0.3, 0.4) is 0 Å². The zero-order valence-electron chi connectivity index (χ0n) is 20.8. The fourth-order valence-electron chi connectivity index (χ4n) is 4.41. The maximum atomic E-state index is 12.7. The Bertz CT molecular complexity index is 1480. The highest BCUT2D eigenvalue weighted by Crippen LogP contribution is 2.34. The molecule has 0 unspecified atom stereocenters. The molecule has 2 N–H and O–H groups in total. The molecule has 10 heteroatoms. The molecule has 2 heterocycles. The summed E-state index contributed by atoms with van der Waals surface area (Å²) in [6.45, 7) is 4.63. The topological polar surface area (TPSA) is 60.8 Å². The van der Waals surface area contributed by atoms with Crippen molar-refractivity contribution in [3.05, 3.63) is 105 Å². The first-order chi connectivity index (χ1) is 18.9. The van der Waals surface area contributed by atoms with E-state index in [4.69, 9.17) is 51.4 Å². The lowest BCUT2D eigenvalue weighted by atomic mass is 10.2. The van der Waals surface area contributed by atoms with Crippen LogP contribution < -0.4 is 15.5 Å². The Morgan fingerprint density at radius 3 is 2.31 bits per heavy atom. The molecule has 1 fully saturated rings. The van der Waals surface area contributed by atoms with Crippen molar-refractivity contribution >= 4 is 69.4 Å². The highest BCUT2D eigenvalue weighted by atomic mass is 35.5. The van der Waals surface area contributed by atoms with Crippen molar-refractivity contribution < 1.29 is 9.21 Å². The monoisotopic (exact) mass is 598 g/mol. The van der Waals surface area contributed by atoms with Gasteiger partial charge in [-0.05, 0) is 72.4 Å². The normalized spacial score (nSPS) is 13.8. The van der Waals surface area contributed by atoms with E-state index in [-0.39, 0.29) is 10.9 Å². The molecule has 0 bridgehead atoms. The van der Waals surface area contributed by atoms with Crippen LogP contribution >= 0.6 is 47.0 Å². The van der Waals surface area contributed by atoms with E-state index in [1.165, 1.54) is 0 Å². The van der Waals surface area contributed by atoms with E-state index in [2.05, 4.69) is 26.5 Å². The third-order valence-electron chi connectivity index (χ3n) is 6.49. The van der Waals surface area contributed by atoms with Crippen LogP contribution in [0.5, 0.6) is 0 Å². The first kappa shape index (κ1) is 27.5. The number of rotatable bonds is 6. The Hall–Kier alpha value is -3.07. The predicted molar refractivity (Wildman–Crippen MR) is 163 cm³/mol. The number of nitrogens with zero attached hydrogens (tertiary/aromatic N) is 2. The zero-order chi connectivity index (χ0) is 27.4. The van der Waals surface area contributed by atoms with Crippen molar-refractivity contribution in [2.24, 2.45) is 0 Å². The number of carbonyl (C=O) groups excluding carboxylic acids is 1. The van der Waals surface area contributed by atoms with Gasteiger partial charge in [0, 0.05) is 54.7 Å². The minimum absolute atomic E-state index is 0.106. The molecule has 39 heavy (non-hydrogen) atoms. The zero-order valence-corrected chi connectivity index (χ0v) is 23.9. The third-order valence-corrected chi connectivity index (χ3v) is 7.88. The Morgan fingerprint density at radius 1 is 0.846 bits per heavy atom. The average Bonchev–Trinajstić information content (AvgIpc) is 3.43. The predicted octanol–water partition coefficient (Wildman–Crippen LogP) is 7.36. The molecule has 1 aliphatic rings. The number of furan rings is 1. The molecule has 1 aliphatic heterocycles. The van der Waals surface area contributed by atoms with Gasteiger partial charge in [0.2, 0.25) is 0 Å². The third kappa shape index (κ3) is 6.75. The summed E-state index contributed by atoms with van der Waals surface area (Å²) in [6, 6.07) is 24.4. The van der Waals surface area contributed by atoms with Gasteiger partial charge < -0.3 is 14.6 Å². The van der Waals surface area contributed by atoms with E-state index in [0.29, 0.717) is 21.4 Å². The summed E-state index contributed by atoms with van der Waals surface area (Å²) in [5.74, 6) is 0.0733. The van der Waals surface area contributed by atoms with Crippen LogP contribution in [0.2, 0.25) is 15.1 Å². The number of nitrogens with one attached hydrogen (secondary N) is 2. The van der Waals surface area contributed by atoms with Crippen molar-refractivity contribution in [3.8, 4) is 11.3 Å². The van der Waals surface area contributed by atoms with Crippen molar-refractivity contribution in [3.63, 3.8) is 0 Å². The lowest BCUT2D eigenvalue weighted by Gasteiger charge is -2.36. The largest absolute Gasteiger partial charge is 0.451 e. The van der Waals surface area contributed by atoms with Gasteiger partial charge in [-0.15, -0.1) is 0 Å². The molecule has 0 atom stereocenters. The van der Waals surface area contributed by atoms with E-state index in [1.54, 1.807) is 30.3 Å². The number of amides is 1. The van der Waals surface area contributed by atoms with Gasteiger partial charge in [-0.25, -0.2) is 0 Å². The molecule has 1 amide bonds. The number of piperazine rings is 1. The lowest BCUT2D eigenvalue weighted by molar-refractivity contribution is 0.0951. The maximum Gasteiger partial charge on any atom is 0.293 e. The summed E-state index contributed by atoms with van der Waals surface area (Å²) in [6.07, 6.45) is 0. The van der Waals surface area contributed by atoms with Crippen LogP contribution in [0.15, 0.2) is 83.3 Å². The van der Waals surface area contributed by atoms with Crippen LogP contribution in [0.4, 0.5) is 11.4 Å². The second-order valence-corrected chi connectivity index (χ2v) is 10.7. The van der Waals surface area contributed by atoms with E-state index in [1.807, 2.05) is 42.5 Å². The molecular formula is C29H25Cl3N4O2S. The smallest absolute Gasteiger partial charge is 0.293 e. The first-order valence-electron chi connectivity index (χ1n) is 12.3. The van der Waals surface area contributed by atoms with E-state index >= 15 is 0 Å². The fraction of sp³-hybridized carbons (Fsp3) is 0.172. The molecule has 0 spiro atoms. The molecular weight excluding hydrogens is 575 g/mol. The maximum absolute atomic E-state index is 12.7. The summed E-state index contributed by atoms with van der Waals surface area (Å²) in [5.41, 5.74) is 3.66. The molecule has 1 aromatic heterocycles. The molecule has 0 saturated carbocycles. The SMILES string of the molecule is O=C(NC(=S)Nc1ccc(N2CCN(Cc3ccccc3Cl)CC2)cc1)c1ccc(-c2cccc(Cl)c2Cl)o1. The van der Waals surface area contributed by atoms with Crippen LogP contribution in [0.1, 0.15) is 16.1 Å². The van der Waals surface area contributed by atoms with Gasteiger partial charge >= 0.3 is 0 Å². The number of hydrogen-bond acceptors (Lipinski definition) is 5. The van der Waals surface area contributed by atoms with E-state index in [0.717, 1.165) is 54.7 Å². The van der Waals surface area contributed by atoms with E-state index < -0.39 is 5.91 Å². The second-order valence-electron chi connectivity index (χ2n) is 9.08. The first-order valence-corrected chi connectivity index (χ1v) is 13.9. The molecule has 200 valence electrons. The number of benzene rings is 3. The number of anilines is 2. The summed E-state index contributed by atoms with van der Waals surface area (Å²) in [7, 11) is 0. The van der Waals surface area contributed by atoms with Crippen molar-refractivity contribution in [1.29, 1.82) is 0 Å². The van der Waals surface area contributed by atoms with Gasteiger partial charge in [-0.3, -0.25) is 15.0 Å². The minimum atomic E-state index is -0.469. The van der Waals surface area contributed by atoms with Gasteiger partial charge in [-0.2, -0.15) is 0 Å². The average molecular weight is 600 g/mol. The van der Waals surface area contributed by atoms with Gasteiger partial charge in [-0.1, -0.05) is 59.1 Å². The summed E-state index contributed by atoms with van der Waals surface area (Å²) in [4.78, 5) is 17.4. The summed E-state index contributed by atoms with van der Waals surface area (Å²) in [5, 5.41) is 7.44. The number of thiocarbonyl (C=S) groups is 1. The van der Waals surface area contributed by atoms with Gasteiger partial charge in [0.25, 0.3) is 5.91 Å². The van der Waals surface area contributed by atoms with Gasteiger partial charge in [0.1, 0.15) is 5.76 Å². The molecule has 1 saturated heterocycles. The van der Waals surface area contributed by atoms with E-state index in [9.17, 15) is 4.79 Å². The Morgan fingerprint density at radius 2 is 1.56 bits per heavy atom. The van der Waals surface area contributed by atoms with Crippen LogP contribution in [-0.2, 0) is 6.54 Å². The molecule has 3 aromatic carbocycles. The molecule has 6 nitrogen and oxygen atoms in total. The van der Waals surface area contributed by atoms with Crippen LogP contribution in [0.25, 0.3) is 11.3 Å². The summed E-state index contributed by atoms with van der Waals surface area (Å²) < 4.78 is 5.69. The molecule has 0 aliphatic carbocycles. The summed E-state index contributed by atoms with van der Waals surface area (Å²) >= 11 is 24.0. The fourth-order valence-corrected chi connectivity index (χ4v) is 5.21. The lowest BCUT2D eigenvalue weighted by Crippen LogP contribution is -2.46. The van der Waals surface area contributed by atoms with Crippen LogP contribution in [-0.4, -0.2) is 42.1 Å². The number of hydrogen-bond donors (Lipinski definition) is 2. The Labute approximate surface area is 247 Å². The minimum Gasteiger partial charge on any atom is -0.451 e. The number of carbonyl (C=O) groups is 1. The Balaban J connectivity index is 1.12. The van der Waals surface area contributed by atoms with Crippen molar-refractivity contribution in [2.75, 3.05) is 36.4 Å². The quantitative estimate of drug-likeness (QED) is 0.226. The molecule has 0 radical (unpaired) electrons. The van der Waals surface area contributed by atoms with Crippen molar-refractivity contribution in [1.82, 2.24) is 10.2 Å². The molecule has 5 rings (SSSR count). The van der Waals surface area contributed by atoms with Gasteiger partial charge in [0.05, 0.1) is 10.0 Å².